The molecule has 1 fully saturated rings. The van der Waals surface area contributed by atoms with Crippen LogP contribution in [0.3, 0.4) is 0 Å². The molecule has 1 unspecified atom stereocenters. The fourth-order valence-electron chi connectivity index (χ4n) is 1.48. The molecule has 16 heavy (non-hydrogen) atoms. The van der Waals surface area contributed by atoms with Crippen molar-refractivity contribution in [2.45, 2.75) is 63.7 Å². The lowest BCUT2D eigenvalue weighted by molar-refractivity contribution is -0.191. The molecule has 0 heterocycles. The molecule has 1 saturated carbocycles. The van der Waals surface area contributed by atoms with E-state index in [9.17, 15) is 4.21 Å². The zero-order chi connectivity index (χ0) is 12.8. The first-order valence-corrected chi connectivity index (χ1v) is 6.65. The fraction of sp³-hybridized carbons (Fsp3) is 0.909. The molecule has 0 aromatic rings. The zero-order valence-electron chi connectivity index (χ0n) is 10.5. The van der Waals surface area contributed by atoms with Crippen LogP contribution >= 0.6 is 0 Å². The van der Waals surface area contributed by atoms with E-state index in [2.05, 4.69) is 11.6 Å². The van der Waals surface area contributed by atoms with Gasteiger partial charge in [-0.05, 0) is 46.5 Å². The molecule has 1 N–H and O–H groups in total. The van der Waals surface area contributed by atoms with Crippen LogP contribution in [-0.4, -0.2) is 20.6 Å². The summed E-state index contributed by atoms with van der Waals surface area (Å²) in [6.45, 7) is 8.21. The van der Waals surface area contributed by atoms with E-state index in [1.54, 1.807) is 0 Å². The van der Waals surface area contributed by atoms with Crippen LogP contribution in [0, 0.1) is 0 Å². The second-order valence-electron chi connectivity index (χ2n) is 5.05. The van der Waals surface area contributed by atoms with Gasteiger partial charge in [-0.3, -0.25) is 0 Å². The molecule has 1 rings (SSSR count). The maximum absolute atomic E-state index is 11.8. The minimum absolute atomic E-state index is 0.141. The Bertz CT molecular complexity index is 268. The summed E-state index contributed by atoms with van der Waals surface area (Å²) in [5, 5.41) is 0. The van der Waals surface area contributed by atoms with E-state index in [1.807, 2.05) is 20.8 Å². The van der Waals surface area contributed by atoms with Gasteiger partial charge < -0.3 is 0 Å². The molecule has 4 nitrogen and oxygen atoms in total. The summed E-state index contributed by atoms with van der Waals surface area (Å²) in [6, 6.07) is 0. The van der Waals surface area contributed by atoms with Gasteiger partial charge in [0.15, 0.2) is 0 Å². The number of hydrogen-bond acceptors (Lipinski definition) is 3. The van der Waals surface area contributed by atoms with Crippen molar-refractivity contribution in [1.82, 2.24) is 4.72 Å². The van der Waals surface area contributed by atoms with E-state index < -0.39 is 11.0 Å². The average molecular weight is 247 g/mol. The number of carbonyl (C=O) groups excluding carboxylic acids is 2. The normalized spacial score (nSPS) is 19.8. The Hall–Kier alpha value is -0.510. The topological polar surface area (TPSA) is 63.2 Å². The molecule has 0 saturated heterocycles. The molecule has 0 aliphatic heterocycles. The van der Waals surface area contributed by atoms with Gasteiger partial charge in [-0.25, -0.2) is 8.93 Å². The summed E-state index contributed by atoms with van der Waals surface area (Å²) in [4.78, 5) is 16.2. The maximum atomic E-state index is 11.8. The molecule has 5 heteroatoms. The molecule has 94 valence electrons. The zero-order valence-corrected chi connectivity index (χ0v) is 11.3. The number of nitrogens with one attached hydrogen (secondary N) is 1. The number of hydrogen-bond donors (Lipinski definition) is 1. The summed E-state index contributed by atoms with van der Waals surface area (Å²) >= 11 is 0. The van der Waals surface area contributed by atoms with E-state index in [0.717, 1.165) is 6.42 Å². The molecule has 0 radical (unpaired) electrons. The van der Waals surface area contributed by atoms with Crippen molar-refractivity contribution in [2.75, 3.05) is 0 Å². The highest BCUT2D eigenvalue weighted by Gasteiger charge is 2.38. The van der Waals surface area contributed by atoms with Crippen molar-refractivity contribution in [2.24, 2.45) is 0 Å². The van der Waals surface area contributed by atoms with Gasteiger partial charge in [-0.1, -0.05) is 6.92 Å². The summed E-state index contributed by atoms with van der Waals surface area (Å²) in [5.41, 5.74) is 0.193. The van der Waals surface area contributed by atoms with E-state index >= 15 is 0 Å². The third-order valence-electron chi connectivity index (χ3n) is 2.85. The largest absolute Gasteiger partial charge is 0.373 e. The van der Waals surface area contributed by atoms with Crippen LogP contribution < -0.4 is 4.72 Å². The predicted molar refractivity (Wildman–Crippen MR) is 62.9 cm³/mol. The van der Waals surface area contributed by atoms with Crippen molar-refractivity contribution in [3.8, 4) is 0 Å². The summed E-state index contributed by atoms with van der Waals surface area (Å²) in [7, 11) is -0.905. The standard InChI is InChI=1S/C10H21NOS.CO2/c1-5-10(7-6-8-10)11-13(12)9(2,3)4;2-1-3/h11H,5-8H2,1-4H3;. The first-order valence-electron chi connectivity index (χ1n) is 5.50. The highest BCUT2D eigenvalue weighted by Crippen LogP contribution is 2.35. The predicted octanol–water partition coefficient (Wildman–Crippen LogP) is 1.79. The van der Waals surface area contributed by atoms with Crippen molar-refractivity contribution < 1.29 is 13.8 Å². The summed E-state index contributed by atoms with van der Waals surface area (Å²) in [6.07, 6.45) is 4.99. The Morgan fingerprint density at radius 1 is 1.31 bits per heavy atom. The Labute approximate surface area is 99.8 Å². The van der Waals surface area contributed by atoms with Crippen LogP contribution in [-0.2, 0) is 20.6 Å². The Morgan fingerprint density at radius 2 is 1.75 bits per heavy atom. The van der Waals surface area contributed by atoms with Crippen LogP contribution in [0.15, 0.2) is 0 Å². The molecule has 0 amide bonds. The van der Waals surface area contributed by atoms with Gasteiger partial charge in [-0.2, -0.15) is 9.59 Å². The Kier molecular flexibility index (Phi) is 6.08. The van der Waals surface area contributed by atoms with Crippen molar-refractivity contribution in [3.05, 3.63) is 0 Å². The molecule has 1 aliphatic rings. The van der Waals surface area contributed by atoms with Crippen LogP contribution in [0.2, 0.25) is 0 Å². The van der Waals surface area contributed by atoms with Gasteiger partial charge in [0.25, 0.3) is 0 Å². The molecule has 1 aliphatic carbocycles. The second kappa shape index (κ2) is 6.28. The van der Waals surface area contributed by atoms with Crippen molar-refractivity contribution in [3.63, 3.8) is 0 Å². The van der Waals surface area contributed by atoms with Crippen LogP contribution in [0.1, 0.15) is 53.4 Å². The highest BCUT2D eigenvalue weighted by molar-refractivity contribution is 7.84. The average Bonchev–Trinajstić information content (AvgIpc) is 2.10. The monoisotopic (exact) mass is 247 g/mol. The molecular weight excluding hydrogens is 226 g/mol. The molecule has 0 aromatic heterocycles. The lowest BCUT2D eigenvalue weighted by atomic mass is 9.76. The van der Waals surface area contributed by atoms with Gasteiger partial charge >= 0.3 is 6.15 Å². The third-order valence-corrected chi connectivity index (χ3v) is 4.58. The highest BCUT2D eigenvalue weighted by atomic mass is 32.2. The van der Waals surface area contributed by atoms with Crippen molar-refractivity contribution in [1.29, 1.82) is 0 Å². The Morgan fingerprint density at radius 3 is 1.94 bits per heavy atom. The first-order chi connectivity index (χ1) is 7.31. The third kappa shape index (κ3) is 4.56. The second-order valence-corrected chi connectivity index (χ2v) is 7.02. The van der Waals surface area contributed by atoms with Crippen LogP contribution in [0.4, 0.5) is 0 Å². The Balaban J connectivity index is 0.000000673. The van der Waals surface area contributed by atoms with E-state index in [0.29, 0.717) is 0 Å². The summed E-state index contributed by atoms with van der Waals surface area (Å²) < 4.78 is 15.0. The fourth-order valence-corrected chi connectivity index (χ4v) is 2.53. The molecule has 0 aromatic carbocycles. The molecule has 0 bridgehead atoms. The molecular formula is C11H21NO3S. The van der Waals surface area contributed by atoms with Gasteiger partial charge in [-0.15, -0.1) is 0 Å². The minimum Gasteiger partial charge on any atom is -0.242 e. The molecule has 1 atom stereocenters. The van der Waals surface area contributed by atoms with E-state index in [4.69, 9.17) is 9.59 Å². The van der Waals surface area contributed by atoms with Gasteiger partial charge in [0.2, 0.25) is 0 Å². The smallest absolute Gasteiger partial charge is 0.242 e. The molecule has 0 spiro atoms. The van der Waals surface area contributed by atoms with Gasteiger partial charge in [0, 0.05) is 5.54 Å². The quantitative estimate of drug-likeness (QED) is 0.827. The van der Waals surface area contributed by atoms with Gasteiger partial charge in [0.1, 0.15) is 0 Å². The van der Waals surface area contributed by atoms with E-state index in [1.165, 1.54) is 19.3 Å². The number of rotatable bonds is 3. The lowest BCUT2D eigenvalue weighted by Crippen LogP contribution is -2.54. The van der Waals surface area contributed by atoms with Crippen molar-refractivity contribution >= 4 is 17.1 Å². The van der Waals surface area contributed by atoms with Crippen LogP contribution in [0.5, 0.6) is 0 Å². The SMILES string of the molecule is CCC1(NS(=O)C(C)(C)C)CCC1.O=C=O. The van der Waals surface area contributed by atoms with E-state index in [-0.39, 0.29) is 16.4 Å². The first kappa shape index (κ1) is 15.5. The minimum atomic E-state index is -0.905. The van der Waals surface area contributed by atoms with Gasteiger partial charge in [0.05, 0.1) is 15.7 Å². The summed E-state index contributed by atoms with van der Waals surface area (Å²) in [5.74, 6) is 0. The lowest BCUT2D eigenvalue weighted by Gasteiger charge is -2.43. The van der Waals surface area contributed by atoms with Crippen LogP contribution in [0.25, 0.3) is 0 Å². The maximum Gasteiger partial charge on any atom is 0.373 e.